The van der Waals surface area contributed by atoms with Gasteiger partial charge in [0.05, 0.1) is 0 Å². The van der Waals surface area contributed by atoms with Gasteiger partial charge >= 0.3 is 0 Å². The molecule has 0 aromatic carbocycles. The molecule has 0 aromatic heterocycles. The first kappa shape index (κ1) is 9.01. The van der Waals surface area contributed by atoms with Crippen molar-refractivity contribution in [1.29, 1.82) is 0 Å². The van der Waals surface area contributed by atoms with Crippen LogP contribution in [0.25, 0.3) is 0 Å². The van der Waals surface area contributed by atoms with Gasteiger partial charge in [-0.1, -0.05) is 6.92 Å². The molecular weight excluding hydrogens is 136 g/mol. The number of nitrogens with zero attached hydrogens (tertiary/aromatic N) is 1. The zero-order valence-electron chi connectivity index (χ0n) is 7.77. The van der Waals surface area contributed by atoms with E-state index >= 15 is 0 Å². The fraction of sp³-hybridized carbons (Fsp3) is 1.00. The highest BCUT2D eigenvalue weighted by atomic mass is 15.1. The lowest BCUT2D eigenvalue weighted by atomic mass is 10.1. The van der Waals surface area contributed by atoms with Crippen LogP contribution in [0.5, 0.6) is 0 Å². The maximum atomic E-state index is 3.51. The summed E-state index contributed by atoms with van der Waals surface area (Å²) < 4.78 is 0. The largest absolute Gasteiger partial charge is 0.314 e. The SMILES string of the molecule is CCN(C)CCC1CCCN1. The van der Waals surface area contributed by atoms with Crippen LogP contribution in [0, 0.1) is 0 Å². The van der Waals surface area contributed by atoms with E-state index in [9.17, 15) is 0 Å². The van der Waals surface area contributed by atoms with Crippen molar-refractivity contribution in [2.45, 2.75) is 32.2 Å². The Kier molecular flexibility index (Phi) is 3.87. The highest BCUT2D eigenvalue weighted by molar-refractivity contribution is 4.74. The summed E-state index contributed by atoms with van der Waals surface area (Å²) in [6.07, 6.45) is 4.09. The molecule has 0 amide bonds. The van der Waals surface area contributed by atoms with Gasteiger partial charge in [-0.05, 0) is 45.9 Å². The van der Waals surface area contributed by atoms with Crippen molar-refractivity contribution in [3.63, 3.8) is 0 Å². The monoisotopic (exact) mass is 156 g/mol. The Morgan fingerprint density at radius 1 is 1.55 bits per heavy atom. The van der Waals surface area contributed by atoms with E-state index in [1.54, 1.807) is 0 Å². The second-order valence-corrected chi connectivity index (χ2v) is 3.48. The molecule has 1 heterocycles. The Morgan fingerprint density at radius 2 is 2.36 bits per heavy atom. The smallest absolute Gasteiger partial charge is 0.00797 e. The Labute approximate surface area is 70.0 Å². The van der Waals surface area contributed by atoms with Crippen molar-refractivity contribution in [2.24, 2.45) is 0 Å². The fourth-order valence-electron chi connectivity index (χ4n) is 1.54. The minimum Gasteiger partial charge on any atom is -0.314 e. The van der Waals surface area contributed by atoms with E-state index in [2.05, 4.69) is 24.2 Å². The van der Waals surface area contributed by atoms with Crippen LogP contribution in [-0.4, -0.2) is 37.6 Å². The summed E-state index contributed by atoms with van der Waals surface area (Å²) >= 11 is 0. The predicted octanol–water partition coefficient (Wildman–Crippen LogP) is 1.08. The third-order valence-electron chi connectivity index (χ3n) is 2.56. The van der Waals surface area contributed by atoms with Crippen molar-refractivity contribution >= 4 is 0 Å². The minimum absolute atomic E-state index is 0.809. The Balaban J connectivity index is 2.01. The van der Waals surface area contributed by atoms with E-state index in [-0.39, 0.29) is 0 Å². The average molecular weight is 156 g/mol. The topological polar surface area (TPSA) is 15.3 Å². The Morgan fingerprint density at radius 3 is 2.91 bits per heavy atom. The maximum absolute atomic E-state index is 3.51. The van der Waals surface area contributed by atoms with Crippen molar-refractivity contribution in [3.8, 4) is 0 Å². The minimum atomic E-state index is 0.809. The number of hydrogen-bond acceptors (Lipinski definition) is 2. The molecular formula is C9H20N2. The van der Waals surface area contributed by atoms with Gasteiger partial charge in [0.2, 0.25) is 0 Å². The summed E-state index contributed by atoms with van der Waals surface area (Å²) in [5, 5.41) is 3.51. The average Bonchev–Trinajstić information content (AvgIpc) is 2.52. The van der Waals surface area contributed by atoms with Gasteiger partial charge < -0.3 is 10.2 Å². The number of hydrogen-bond donors (Lipinski definition) is 1. The molecule has 0 bridgehead atoms. The fourth-order valence-corrected chi connectivity index (χ4v) is 1.54. The molecule has 1 aliphatic heterocycles. The van der Waals surface area contributed by atoms with Crippen LogP contribution in [0.2, 0.25) is 0 Å². The molecule has 1 N–H and O–H groups in total. The van der Waals surface area contributed by atoms with Crippen LogP contribution in [0.4, 0.5) is 0 Å². The Hall–Kier alpha value is -0.0800. The molecule has 0 radical (unpaired) electrons. The van der Waals surface area contributed by atoms with Gasteiger partial charge in [0, 0.05) is 6.04 Å². The standard InChI is InChI=1S/C9H20N2/c1-3-11(2)8-6-9-5-4-7-10-9/h9-10H,3-8H2,1-2H3. The van der Waals surface area contributed by atoms with Crippen molar-refractivity contribution in [3.05, 3.63) is 0 Å². The first-order chi connectivity index (χ1) is 5.33. The van der Waals surface area contributed by atoms with E-state index in [1.807, 2.05) is 0 Å². The van der Waals surface area contributed by atoms with Gasteiger partial charge in [0.1, 0.15) is 0 Å². The van der Waals surface area contributed by atoms with Gasteiger partial charge in [-0.2, -0.15) is 0 Å². The highest BCUT2D eigenvalue weighted by Gasteiger charge is 2.13. The first-order valence-electron chi connectivity index (χ1n) is 4.75. The summed E-state index contributed by atoms with van der Waals surface area (Å²) in [4.78, 5) is 2.38. The van der Waals surface area contributed by atoms with Crippen LogP contribution in [0.3, 0.4) is 0 Å². The molecule has 11 heavy (non-hydrogen) atoms. The molecule has 1 fully saturated rings. The quantitative estimate of drug-likeness (QED) is 0.655. The lowest BCUT2D eigenvalue weighted by molar-refractivity contribution is 0.328. The lowest BCUT2D eigenvalue weighted by Crippen LogP contribution is -2.28. The van der Waals surface area contributed by atoms with Crippen LogP contribution >= 0.6 is 0 Å². The van der Waals surface area contributed by atoms with E-state index in [0.29, 0.717) is 0 Å². The predicted molar refractivity (Wildman–Crippen MR) is 48.8 cm³/mol. The molecule has 1 atom stereocenters. The van der Waals surface area contributed by atoms with Crippen molar-refractivity contribution in [2.75, 3.05) is 26.7 Å². The van der Waals surface area contributed by atoms with E-state index in [0.717, 1.165) is 6.04 Å². The molecule has 0 aliphatic carbocycles. The zero-order chi connectivity index (χ0) is 8.10. The molecule has 1 rings (SSSR count). The normalized spacial score (nSPS) is 24.8. The van der Waals surface area contributed by atoms with Gasteiger partial charge in [0.15, 0.2) is 0 Å². The second-order valence-electron chi connectivity index (χ2n) is 3.48. The Bertz CT molecular complexity index is 97.7. The summed E-state index contributed by atoms with van der Waals surface area (Å²) in [5.74, 6) is 0. The van der Waals surface area contributed by atoms with Crippen LogP contribution in [0.1, 0.15) is 26.2 Å². The van der Waals surface area contributed by atoms with E-state index in [4.69, 9.17) is 0 Å². The molecule has 0 spiro atoms. The van der Waals surface area contributed by atoms with Crippen LogP contribution < -0.4 is 5.32 Å². The molecule has 2 heteroatoms. The zero-order valence-corrected chi connectivity index (χ0v) is 7.77. The highest BCUT2D eigenvalue weighted by Crippen LogP contribution is 2.08. The summed E-state index contributed by atoms with van der Waals surface area (Å²) in [6.45, 7) is 5.86. The molecule has 2 nitrogen and oxygen atoms in total. The van der Waals surface area contributed by atoms with Crippen molar-refractivity contribution in [1.82, 2.24) is 10.2 Å². The molecule has 0 saturated carbocycles. The summed E-state index contributed by atoms with van der Waals surface area (Å²) in [7, 11) is 2.19. The number of rotatable bonds is 4. The van der Waals surface area contributed by atoms with Crippen LogP contribution in [-0.2, 0) is 0 Å². The summed E-state index contributed by atoms with van der Waals surface area (Å²) in [5.41, 5.74) is 0. The first-order valence-corrected chi connectivity index (χ1v) is 4.75. The van der Waals surface area contributed by atoms with E-state index in [1.165, 1.54) is 38.9 Å². The van der Waals surface area contributed by atoms with E-state index < -0.39 is 0 Å². The van der Waals surface area contributed by atoms with Gasteiger partial charge in [-0.3, -0.25) is 0 Å². The second kappa shape index (κ2) is 4.73. The third kappa shape index (κ3) is 3.21. The van der Waals surface area contributed by atoms with Crippen molar-refractivity contribution < 1.29 is 0 Å². The number of nitrogens with one attached hydrogen (secondary N) is 1. The van der Waals surface area contributed by atoms with Gasteiger partial charge in [0.25, 0.3) is 0 Å². The molecule has 1 unspecified atom stereocenters. The molecule has 1 saturated heterocycles. The van der Waals surface area contributed by atoms with Gasteiger partial charge in [-0.25, -0.2) is 0 Å². The lowest BCUT2D eigenvalue weighted by Gasteiger charge is -2.16. The summed E-state index contributed by atoms with van der Waals surface area (Å²) in [6, 6.07) is 0.809. The molecule has 66 valence electrons. The molecule has 1 aliphatic rings. The van der Waals surface area contributed by atoms with Crippen LogP contribution in [0.15, 0.2) is 0 Å². The maximum Gasteiger partial charge on any atom is 0.00797 e. The third-order valence-corrected chi connectivity index (χ3v) is 2.56. The van der Waals surface area contributed by atoms with Gasteiger partial charge in [-0.15, -0.1) is 0 Å². The molecule has 0 aromatic rings.